The van der Waals surface area contributed by atoms with Crippen LogP contribution in [0.2, 0.25) is 0 Å². The van der Waals surface area contributed by atoms with E-state index < -0.39 is 11.0 Å². The molecule has 14 heteroatoms. The zero-order chi connectivity index (χ0) is 31.4. The van der Waals surface area contributed by atoms with Crippen molar-refractivity contribution in [2.75, 3.05) is 35.3 Å². The van der Waals surface area contributed by atoms with E-state index in [1.807, 2.05) is 30.3 Å². The minimum Gasteiger partial charge on any atom is -0.492 e. The molecule has 0 aliphatic rings. The van der Waals surface area contributed by atoms with Gasteiger partial charge in [-0.15, -0.1) is 5.10 Å². The average Bonchev–Trinajstić information content (AvgIpc) is 3.61. The number of hydrogen-bond acceptors (Lipinski definition) is 9. The van der Waals surface area contributed by atoms with Crippen molar-refractivity contribution in [2.45, 2.75) is 32.7 Å². The predicted molar refractivity (Wildman–Crippen MR) is 171 cm³/mol. The number of nitrogens with zero attached hydrogens (tertiary/aromatic N) is 6. The quantitative estimate of drug-likeness (QED) is 0.191. The molecule has 3 heterocycles. The van der Waals surface area contributed by atoms with Gasteiger partial charge >= 0.3 is 0 Å². The van der Waals surface area contributed by atoms with Crippen molar-refractivity contribution in [3.05, 3.63) is 72.3 Å². The lowest BCUT2D eigenvalue weighted by Crippen LogP contribution is -2.19. The molecule has 0 radical (unpaired) electrons. The molecule has 13 nitrogen and oxygen atoms in total. The van der Waals surface area contributed by atoms with Gasteiger partial charge in [0, 0.05) is 43.7 Å². The third-order valence-corrected chi connectivity index (χ3v) is 7.36. The van der Waals surface area contributed by atoms with Gasteiger partial charge in [0.2, 0.25) is 11.8 Å². The number of hydrogen-bond donors (Lipinski definition) is 3. The standard InChI is InChI=1S/C30H35N9O4S/c1-30(2,3)20-17-21(27(42-5)22(18-20)36-44(6)41)34-28(40)23-16-19-8-7-9-24(26(19)38(23)4)43-25-10-11-31-29(35-25)32-12-14-39-15-13-33-37-39/h7-11,13,15-18,36H,12,14H2,1-6H3,(H,34,40)(H,31,32,35). The lowest BCUT2D eigenvalue weighted by molar-refractivity contribution is 0.101. The number of anilines is 3. The molecule has 230 valence electrons. The van der Waals surface area contributed by atoms with Crippen LogP contribution in [0.4, 0.5) is 17.3 Å². The molecule has 0 fully saturated rings. The molecule has 0 aliphatic carbocycles. The average molecular weight is 618 g/mol. The number of benzene rings is 2. The maximum absolute atomic E-state index is 13.7. The maximum atomic E-state index is 13.7. The number of nitrogens with one attached hydrogen (secondary N) is 3. The fourth-order valence-corrected chi connectivity index (χ4v) is 5.16. The fourth-order valence-electron chi connectivity index (χ4n) is 4.70. The first-order valence-corrected chi connectivity index (χ1v) is 15.4. The molecular weight excluding hydrogens is 582 g/mol. The van der Waals surface area contributed by atoms with Gasteiger partial charge in [-0.3, -0.25) is 9.48 Å². The molecule has 3 aromatic heterocycles. The molecule has 1 atom stereocenters. The van der Waals surface area contributed by atoms with Crippen LogP contribution in [0, 0.1) is 0 Å². The number of para-hydroxylation sites is 1. The van der Waals surface area contributed by atoms with E-state index in [0.29, 0.717) is 53.5 Å². The number of aromatic nitrogens is 6. The molecular formula is C30H35N9O4S. The van der Waals surface area contributed by atoms with Gasteiger partial charge in [-0.1, -0.05) is 38.1 Å². The second-order valence-corrected chi connectivity index (χ2v) is 12.2. The highest BCUT2D eigenvalue weighted by atomic mass is 32.2. The van der Waals surface area contributed by atoms with Gasteiger partial charge in [-0.05, 0) is 35.2 Å². The maximum Gasteiger partial charge on any atom is 0.272 e. The van der Waals surface area contributed by atoms with E-state index in [4.69, 9.17) is 9.47 Å². The minimum atomic E-state index is -1.34. The monoisotopic (exact) mass is 617 g/mol. The zero-order valence-corrected chi connectivity index (χ0v) is 26.2. The summed E-state index contributed by atoms with van der Waals surface area (Å²) >= 11 is 0. The second-order valence-electron chi connectivity index (χ2n) is 11.1. The van der Waals surface area contributed by atoms with Crippen LogP contribution in [0.3, 0.4) is 0 Å². The topological polar surface area (TPSA) is 150 Å². The molecule has 3 N–H and O–H groups in total. The summed E-state index contributed by atoms with van der Waals surface area (Å²) in [7, 11) is 1.97. The Kier molecular flexibility index (Phi) is 8.81. The van der Waals surface area contributed by atoms with Crippen molar-refractivity contribution in [1.82, 2.24) is 29.5 Å². The normalized spacial score (nSPS) is 12.1. The summed E-state index contributed by atoms with van der Waals surface area (Å²) < 4.78 is 30.3. The molecule has 1 amide bonds. The van der Waals surface area contributed by atoms with Gasteiger partial charge < -0.3 is 29.4 Å². The molecule has 0 saturated carbocycles. The number of amides is 1. The summed E-state index contributed by atoms with van der Waals surface area (Å²) in [6, 6.07) is 12.8. The Balaban J connectivity index is 1.41. The Morgan fingerprint density at radius 1 is 1.09 bits per heavy atom. The SMILES string of the molecule is COc1c(NC(=O)c2cc3cccc(Oc4ccnc(NCCn5ccnn5)n4)c3n2C)cc(C(C)(C)C)cc1NS(C)=O. The van der Waals surface area contributed by atoms with Crippen LogP contribution in [0.5, 0.6) is 17.4 Å². The number of carbonyl (C=O) groups is 1. The zero-order valence-electron chi connectivity index (χ0n) is 25.4. The molecule has 44 heavy (non-hydrogen) atoms. The van der Waals surface area contributed by atoms with Gasteiger partial charge in [0.25, 0.3) is 5.91 Å². The Morgan fingerprint density at radius 2 is 1.89 bits per heavy atom. The number of rotatable bonds is 11. The molecule has 1 unspecified atom stereocenters. The van der Waals surface area contributed by atoms with E-state index in [9.17, 15) is 9.00 Å². The number of fused-ring (bicyclic) bond motifs is 1. The van der Waals surface area contributed by atoms with E-state index in [-0.39, 0.29) is 11.3 Å². The van der Waals surface area contributed by atoms with E-state index >= 15 is 0 Å². The summed E-state index contributed by atoms with van der Waals surface area (Å²) in [4.78, 5) is 22.5. The largest absolute Gasteiger partial charge is 0.492 e. The van der Waals surface area contributed by atoms with E-state index in [2.05, 4.69) is 56.4 Å². The van der Waals surface area contributed by atoms with Gasteiger partial charge in [-0.2, -0.15) is 4.98 Å². The first-order chi connectivity index (χ1) is 21.0. The van der Waals surface area contributed by atoms with Gasteiger partial charge in [0.15, 0.2) is 11.5 Å². The van der Waals surface area contributed by atoms with Crippen LogP contribution in [0.25, 0.3) is 10.9 Å². The van der Waals surface area contributed by atoms with Crippen LogP contribution in [0.1, 0.15) is 36.8 Å². The summed E-state index contributed by atoms with van der Waals surface area (Å²) in [5.74, 6) is 1.33. The van der Waals surface area contributed by atoms with Crippen LogP contribution >= 0.6 is 0 Å². The second kappa shape index (κ2) is 12.7. The Labute approximate surface area is 257 Å². The van der Waals surface area contributed by atoms with Crippen molar-refractivity contribution in [3.8, 4) is 17.4 Å². The number of aryl methyl sites for hydroxylation is 1. The van der Waals surface area contributed by atoms with Gasteiger partial charge in [0.05, 0.1) is 36.7 Å². The highest BCUT2D eigenvalue weighted by Crippen LogP contribution is 2.39. The Hall–Kier alpha value is -4.98. The molecule has 2 aromatic carbocycles. The Morgan fingerprint density at radius 3 is 2.59 bits per heavy atom. The summed E-state index contributed by atoms with van der Waals surface area (Å²) in [5.41, 5.74) is 2.82. The third kappa shape index (κ3) is 6.80. The first-order valence-electron chi connectivity index (χ1n) is 13.8. The van der Waals surface area contributed by atoms with Crippen LogP contribution in [0.15, 0.2) is 61.1 Å². The lowest BCUT2D eigenvalue weighted by Gasteiger charge is -2.23. The van der Waals surface area contributed by atoms with E-state index in [0.717, 1.165) is 16.5 Å². The lowest BCUT2D eigenvalue weighted by atomic mass is 9.86. The van der Waals surface area contributed by atoms with Crippen LogP contribution < -0.4 is 24.8 Å². The van der Waals surface area contributed by atoms with E-state index in [1.165, 1.54) is 13.4 Å². The molecule has 0 bridgehead atoms. The number of ether oxygens (including phenoxy) is 2. The molecule has 0 aliphatic heterocycles. The predicted octanol–water partition coefficient (Wildman–Crippen LogP) is 4.73. The molecule has 0 spiro atoms. The van der Waals surface area contributed by atoms with Crippen molar-refractivity contribution in [2.24, 2.45) is 7.05 Å². The number of methoxy groups -OCH3 is 1. The highest BCUT2D eigenvalue weighted by molar-refractivity contribution is 7.85. The van der Waals surface area contributed by atoms with Crippen LogP contribution in [-0.2, 0) is 30.0 Å². The minimum absolute atomic E-state index is 0.239. The van der Waals surface area contributed by atoms with Crippen molar-refractivity contribution in [1.29, 1.82) is 0 Å². The number of carbonyl (C=O) groups excluding carboxylic acids is 1. The third-order valence-electron chi connectivity index (χ3n) is 6.85. The van der Waals surface area contributed by atoms with Gasteiger partial charge in [-0.25, -0.2) is 9.19 Å². The van der Waals surface area contributed by atoms with Crippen molar-refractivity contribution in [3.63, 3.8) is 0 Å². The first kappa shape index (κ1) is 30.5. The summed E-state index contributed by atoms with van der Waals surface area (Å²) in [6.07, 6.45) is 6.55. The van der Waals surface area contributed by atoms with Crippen molar-refractivity contribution < 1.29 is 18.5 Å². The smallest absolute Gasteiger partial charge is 0.272 e. The summed E-state index contributed by atoms with van der Waals surface area (Å²) in [6.45, 7) is 7.34. The van der Waals surface area contributed by atoms with Crippen molar-refractivity contribution >= 4 is 45.1 Å². The molecule has 0 saturated heterocycles. The highest BCUT2D eigenvalue weighted by Gasteiger charge is 2.23. The summed E-state index contributed by atoms with van der Waals surface area (Å²) in [5, 5.41) is 14.7. The Bertz CT molecular complexity index is 1810. The van der Waals surface area contributed by atoms with Gasteiger partial charge in [0.1, 0.15) is 16.7 Å². The fraction of sp³-hybridized carbons (Fsp3) is 0.300. The van der Waals surface area contributed by atoms with Crippen LogP contribution in [-0.4, -0.2) is 59.6 Å². The molecule has 5 rings (SSSR count). The molecule has 5 aromatic rings. The van der Waals surface area contributed by atoms with E-state index in [1.54, 1.807) is 47.0 Å².